The Labute approximate surface area is 204 Å². The van der Waals surface area contributed by atoms with Gasteiger partial charge >= 0.3 is 0 Å². The van der Waals surface area contributed by atoms with E-state index in [-0.39, 0.29) is 11.9 Å². The van der Waals surface area contributed by atoms with Crippen molar-refractivity contribution >= 4 is 33.9 Å². The van der Waals surface area contributed by atoms with Crippen LogP contribution < -0.4 is 4.90 Å². The number of carbonyl (C=O) groups is 1. The first kappa shape index (κ1) is 22.0. The number of imidazole rings is 1. The fourth-order valence-corrected chi connectivity index (χ4v) is 5.32. The summed E-state index contributed by atoms with van der Waals surface area (Å²) in [7, 11) is 0. The molecule has 1 N–H and O–H groups in total. The van der Waals surface area contributed by atoms with Crippen LogP contribution in [0.5, 0.6) is 0 Å². The van der Waals surface area contributed by atoms with Gasteiger partial charge in [-0.3, -0.25) is 4.79 Å². The van der Waals surface area contributed by atoms with E-state index >= 15 is 0 Å². The van der Waals surface area contributed by atoms with Gasteiger partial charge in [-0.25, -0.2) is 9.97 Å². The van der Waals surface area contributed by atoms with Crippen LogP contribution in [0.4, 0.5) is 5.95 Å². The molecular weight excluding hydrogens is 442 g/mol. The second-order valence-electron chi connectivity index (χ2n) is 9.40. The van der Waals surface area contributed by atoms with Crippen molar-refractivity contribution < 1.29 is 9.53 Å². The molecule has 0 spiro atoms. The number of aromatic nitrogens is 5. The Morgan fingerprint density at radius 2 is 1.94 bits per heavy atom. The maximum atomic E-state index is 12.4. The highest BCUT2D eigenvalue weighted by Crippen LogP contribution is 2.35. The number of carbonyl (C=O) groups excluding carboxylic acids is 1. The van der Waals surface area contributed by atoms with Gasteiger partial charge in [0.2, 0.25) is 11.9 Å². The first-order valence-corrected chi connectivity index (χ1v) is 12.6. The molecule has 35 heavy (non-hydrogen) atoms. The number of rotatable bonds is 5. The molecule has 2 saturated heterocycles. The molecule has 1 amide bonds. The van der Waals surface area contributed by atoms with E-state index in [1.165, 1.54) is 0 Å². The number of ether oxygens (including phenoxy) is 1. The average Bonchev–Trinajstić information content (AvgIpc) is 3.56. The third-order valence-corrected chi connectivity index (χ3v) is 7.23. The molecule has 0 radical (unpaired) electrons. The highest BCUT2D eigenvalue weighted by molar-refractivity contribution is 6.00. The van der Waals surface area contributed by atoms with E-state index in [1.54, 1.807) is 0 Å². The van der Waals surface area contributed by atoms with Crippen molar-refractivity contribution in [2.24, 2.45) is 0 Å². The van der Waals surface area contributed by atoms with Crippen LogP contribution in [0.25, 0.3) is 33.3 Å². The van der Waals surface area contributed by atoms with Gasteiger partial charge in [-0.05, 0) is 31.4 Å². The van der Waals surface area contributed by atoms with Gasteiger partial charge in [0.25, 0.3) is 0 Å². The maximum Gasteiger partial charge on any atom is 0.228 e. The van der Waals surface area contributed by atoms with E-state index in [2.05, 4.69) is 45.6 Å². The quantitative estimate of drug-likeness (QED) is 0.474. The normalized spacial score (nSPS) is 17.5. The number of aromatic amines is 1. The Morgan fingerprint density at radius 1 is 1.11 bits per heavy atom. The van der Waals surface area contributed by atoms with Crippen LogP contribution in [0.2, 0.25) is 0 Å². The predicted octanol–water partition coefficient (Wildman–Crippen LogP) is 3.77. The van der Waals surface area contributed by atoms with Crippen molar-refractivity contribution in [1.29, 1.82) is 0 Å². The topological polar surface area (TPSA) is 92.2 Å². The first-order valence-electron chi connectivity index (χ1n) is 12.6. The molecule has 2 aliphatic heterocycles. The minimum absolute atomic E-state index is 0.258. The summed E-state index contributed by atoms with van der Waals surface area (Å²) in [6.45, 7) is 6.50. The van der Waals surface area contributed by atoms with E-state index in [1.807, 2.05) is 17.4 Å². The van der Waals surface area contributed by atoms with E-state index in [0.29, 0.717) is 19.6 Å². The summed E-state index contributed by atoms with van der Waals surface area (Å²) in [6.07, 6.45) is 7.20. The highest BCUT2D eigenvalue weighted by Gasteiger charge is 2.27. The van der Waals surface area contributed by atoms with Crippen molar-refractivity contribution in [2.75, 3.05) is 44.3 Å². The van der Waals surface area contributed by atoms with Crippen LogP contribution in [0.15, 0.2) is 36.8 Å². The lowest BCUT2D eigenvalue weighted by Crippen LogP contribution is -2.39. The van der Waals surface area contributed by atoms with Gasteiger partial charge in [-0.1, -0.05) is 19.1 Å². The Bertz CT molecular complexity index is 1350. The molecule has 4 aromatic rings. The summed E-state index contributed by atoms with van der Waals surface area (Å²) in [4.78, 5) is 34.8. The SMILES string of the molecule is CCCC(=O)N1CCC(n2cnc3c(-c4cccc5[nH]ccc45)nc(N4CCOCC4)nc32)CC1. The van der Waals surface area contributed by atoms with Crippen LogP contribution in [0.1, 0.15) is 38.6 Å². The zero-order valence-electron chi connectivity index (χ0n) is 20.1. The number of benzene rings is 1. The van der Waals surface area contributed by atoms with Gasteiger partial charge in [0.05, 0.1) is 19.5 Å². The summed E-state index contributed by atoms with van der Waals surface area (Å²) in [5.41, 5.74) is 4.67. The number of nitrogens with zero attached hydrogens (tertiary/aromatic N) is 6. The number of likely N-dealkylation sites (tertiary alicyclic amines) is 1. The molecule has 182 valence electrons. The second kappa shape index (κ2) is 9.30. The molecule has 3 aromatic heterocycles. The van der Waals surface area contributed by atoms with Gasteiger partial charge in [0, 0.05) is 61.3 Å². The molecule has 5 heterocycles. The van der Waals surface area contributed by atoms with Crippen LogP contribution >= 0.6 is 0 Å². The number of hydrogen-bond acceptors (Lipinski definition) is 6. The zero-order chi connectivity index (χ0) is 23.8. The number of hydrogen-bond donors (Lipinski definition) is 1. The van der Waals surface area contributed by atoms with Gasteiger partial charge in [0.1, 0.15) is 11.2 Å². The lowest BCUT2D eigenvalue weighted by atomic mass is 10.0. The summed E-state index contributed by atoms with van der Waals surface area (Å²) in [5.74, 6) is 0.987. The minimum atomic E-state index is 0.258. The van der Waals surface area contributed by atoms with Crippen molar-refractivity contribution in [2.45, 2.75) is 38.6 Å². The summed E-state index contributed by atoms with van der Waals surface area (Å²) >= 11 is 0. The largest absolute Gasteiger partial charge is 0.378 e. The summed E-state index contributed by atoms with van der Waals surface area (Å²) in [5, 5.41) is 1.12. The van der Waals surface area contributed by atoms with Gasteiger partial charge in [-0.2, -0.15) is 4.98 Å². The molecule has 0 saturated carbocycles. The number of H-pyrrole nitrogens is 1. The predicted molar refractivity (Wildman–Crippen MR) is 135 cm³/mol. The van der Waals surface area contributed by atoms with Crippen LogP contribution in [-0.2, 0) is 9.53 Å². The molecule has 0 aliphatic carbocycles. The summed E-state index contributed by atoms with van der Waals surface area (Å²) in [6, 6.07) is 8.59. The van der Waals surface area contributed by atoms with E-state index in [4.69, 9.17) is 19.7 Å². The maximum absolute atomic E-state index is 12.4. The third-order valence-electron chi connectivity index (χ3n) is 7.23. The standard InChI is InChI=1S/C26H31N7O2/c1-2-4-22(34)31-11-8-18(9-12-31)33-17-28-24-23(20-5-3-6-21-19(20)7-10-27-21)29-26(30-25(24)33)32-13-15-35-16-14-32/h3,5-7,10,17-18,27H,2,4,8-9,11-16H2,1H3. The van der Waals surface area contributed by atoms with E-state index in [9.17, 15) is 4.79 Å². The molecule has 0 bridgehead atoms. The number of fused-ring (bicyclic) bond motifs is 2. The van der Waals surface area contributed by atoms with Crippen molar-refractivity contribution in [3.05, 3.63) is 36.8 Å². The fraction of sp³-hybridized carbons (Fsp3) is 0.462. The van der Waals surface area contributed by atoms with Crippen LogP contribution in [0, 0.1) is 0 Å². The number of piperidine rings is 1. The monoisotopic (exact) mass is 473 g/mol. The highest BCUT2D eigenvalue weighted by atomic mass is 16.5. The van der Waals surface area contributed by atoms with Crippen molar-refractivity contribution in [1.82, 2.24) is 29.4 Å². The number of nitrogens with one attached hydrogen (secondary N) is 1. The number of morpholine rings is 1. The van der Waals surface area contributed by atoms with Crippen LogP contribution in [-0.4, -0.2) is 74.7 Å². The lowest BCUT2D eigenvalue weighted by Gasteiger charge is -2.33. The summed E-state index contributed by atoms with van der Waals surface area (Å²) < 4.78 is 7.78. The molecule has 9 heteroatoms. The molecular formula is C26H31N7O2. The molecule has 9 nitrogen and oxygen atoms in total. The Balaban J connectivity index is 1.42. The minimum Gasteiger partial charge on any atom is -0.378 e. The number of amides is 1. The van der Waals surface area contributed by atoms with Crippen molar-refractivity contribution in [3.63, 3.8) is 0 Å². The number of anilines is 1. The average molecular weight is 474 g/mol. The molecule has 2 aliphatic rings. The van der Waals surface area contributed by atoms with Crippen molar-refractivity contribution in [3.8, 4) is 11.3 Å². The molecule has 1 aromatic carbocycles. The van der Waals surface area contributed by atoms with E-state index < -0.39 is 0 Å². The van der Waals surface area contributed by atoms with Gasteiger partial charge in [-0.15, -0.1) is 0 Å². The molecule has 2 fully saturated rings. The second-order valence-corrected chi connectivity index (χ2v) is 9.40. The Hall–Kier alpha value is -3.46. The van der Waals surface area contributed by atoms with E-state index in [0.717, 1.165) is 84.7 Å². The third kappa shape index (κ3) is 4.03. The molecule has 0 unspecified atom stereocenters. The Morgan fingerprint density at radius 3 is 2.74 bits per heavy atom. The molecule has 6 rings (SSSR count). The zero-order valence-corrected chi connectivity index (χ0v) is 20.1. The van der Waals surface area contributed by atoms with Crippen LogP contribution in [0.3, 0.4) is 0 Å². The van der Waals surface area contributed by atoms with Gasteiger partial charge < -0.3 is 24.1 Å². The lowest BCUT2D eigenvalue weighted by molar-refractivity contribution is -0.132. The fourth-order valence-electron chi connectivity index (χ4n) is 5.32. The molecule has 0 atom stereocenters. The van der Waals surface area contributed by atoms with Gasteiger partial charge in [0.15, 0.2) is 5.65 Å². The smallest absolute Gasteiger partial charge is 0.228 e. The first-order chi connectivity index (χ1) is 17.2. The Kier molecular flexibility index (Phi) is 5.85.